The van der Waals surface area contributed by atoms with Crippen molar-refractivity contribution < 1.29 is 9.53 Å². The monoisotopic (exact) mass is 423 g/mol. The lowest BCUT2D eigenvalue weighted by Gasteiger charge is -2.17. The van der Waals surface area contributed by atoms with Crippen molar-refractivity contribution in [1.29, 1.82) is 0 Å². The first-order valence-corrected chi connectivity index (χ1v) is 10.3. The third-order valence-electron chi connectivity index (χ3n) is 4.50. The fraction of sp³-hybridized carbons (Fsp3) is 0.136. The number of rotatable bonds is 5. The first-order valence-electron chi connectivity index (χ1n) is 9.06. The van der Waals surface area contributed by atoms with E-state index in [0.29, 0.717) is 16.5 Å². The van der Waals surface area contributed by atoms with Crippen LogP contribution in [0.25, 0.3) is 20.9 Å². The van der Waals surface area contributed by atoms with Crippen LogP contribution in [0.3, 0.4) is 0 Å². The Morgan fingerprint density at radius 2 is 1.97 bits per heavy atom. The van der Waals surface area contributed by atoms with E-state index in [2.05, 4.69) is 15.3 Å². The highest BCUT2D eigenvalue weighted by atomic mass is 35.5. The van der Waals surface area contributed by atoms with Gasteiger partial charge in [-0.25, -0.2) is 9.97 Å². The molecular formula is C22H18ClN3O2S. The van der Waals surface area contributed by atoms with E-state index in [-0.39, 0.29) is 5.91 Å². The van der Waals surface area contributed by atoms with E-state index in [4.69, 9.17) is 16.3 Å². The molecule has 0 fully saturated rings. The van der Waals surface area contributed by atoms with Crippen molar-refractivity contribution in [3.05, 3.63) is 71.4 Å². The standard InChI is InChI=1S/C22H18ClN3O2S/c1-13-15(21-26-18-10-6-12-24-22(18)29-21)7-5-9-17(13)25-20(27)14(2)28-19-11-4-3-8-16(19)23/h3-12,14H,1-2H3,(H,25,27). The summed E-state index contributed by atoms with van der Waals surface area (Å²) in [4.78, 5) is 22.6. The molecule has 4 aromatic rings. The summed E-state index contributed by atoms with van der Waals surface area (Å²) in [5.41, 5.74) is 3.48. The number of hydrogen-bond donors (Lipinski definition) is 1. The van der Waals surface area contributed by atoms with Crippen molar-refractivity contribution in [2.24, 2.45) is 0 Å². The molecule has 29 heavy (non-hydrogen) atoms. The number of benzene rings is 2. The highest BCUT2D eigenvalue weighted by molar-refractivity contribution is 7.21. The van der Waals surface area contributed by atoms with Crippen LogP contribution in [0.15, 0.2) is 60.8 Å². The van der Waals surface area contributed by atoms with Crippen LogP contribution < -0.4 is 10.1 Å². The predicted molar refractivity (Wildman–Crippen MR) is 118 cm³/mol. The van der Waals surface area contributed by atoms with Gasteiger partial charge in [-0.05, 0) is 49.7 Å². The molecule has 146 valence electrons. The number of hydrogen-bond acceptors (Lipinski definition) is 5. The number of amides is 1. The van der Waals surface area contributed by atoms with Gasteiger partial charge in [-0.15, -0.1) is 0 Å². The zero-order chi connectivity index (χ0) is 20.4. The van der Waals surface area contributed by atoms with Crippen LogP contribution in [-0.4, -0.2) is 22.0 Å². The first-order chi connectivity index (χ1) is 14.0. The Balaban J connectivity index is 1.55. The van der Waals surface area contributed by atoms with Gasteiger partial charge in [-0.1, -0.05) is 47.2 Å². The zero-order valence-corrected chi connectivity index (χ0v) is 17.4. The van der Waals surface area contributed by atoms with Gasteiger partial charge in [0, 0.05) is 17.4 Å². The second kappa shape index (κ2) is 8.19. The van der Waals surface area contributed by atoms with Crippen LogP contribution in [0, 0.1) is 6.92 Å². The minimum absolute atomic E-state index is 0.254. The molecule has 2 aromatic carbocycles. The van der Waals surface area contributed by atoms with Crippen molar-refractivity contribution in [3.8, 4) is 16.3 Å². The summed E-state index contributed by atoms with van der Waals surface area (Å²) in [6.07, 6.45) is 1.05. The molecule has 0 aliphatic carbocycles. The van der Waals surface area contributed by atoms with E-state index in [0.717, 1.165) is 26.5 Å². The van der Waals surface area contributed by atoms with Gasteiger partial charge in [0.1, 0.15) is 21.1 Å². The van der Waals surface area contributed by atoms with Crippen LogP contribution >= 0.6 is 22.9 Å². The van der Waals surface area contributed by atoms with E-state index >= 15 is 0 Å². The van der Waals surface area contributed by atoms with Gasteiger partial charge >= 0.3 is 0 Å². The number of anilines is 1. The number of nitrogens with zero attached hydrogens (tertiary/aromatic N) is 2. The van der Waals surface area contributed by atoms with Crippen LogP contribution in [-0.2, 0) is 4.79 Å². The summed E-state index contributed by atoms with van der Waals surface area (Å²) >= 11 is 7.64. The van der Waals surface area contributed by atoms with Gasteiger partial charge in [-0.2, -0.15) is 0 Å². The molecule has 1 N–H and O–H groups in total. The van der Waals surface area contributed by atoms with E-state index < -0.39 is 6.10 Å². The number of carbonyl (C=O) groups excluding carboxylic acids is 1. The van der Waals surface area contributed by atoms with Crippen molar-refractivity contribution >= 4 is 44.9 Å². The number of ether oxygens (including phenoxy) is 1. The molecular weight excluding hydrogens is 406 g/mol. The van der Waals surface area contributed by atoms with Crippen LogP contribution in [0.1, 0.15) is 12.5 Å². The number of fused-ring (bicyclic) bond motifs is 1. The number of aromatic nitrogens is 2. The van der Waals surface area contributed by atoms with E-state index in [1.54, 1.807) is 25.3 Å². The molecule has 0 aliphatic heterocycles. The van der Waals surface area contributed by atoms with Gasteiger partial charge < -0.3 is 10.1 Å². The minimum Gasteiger partial charge on any atom is -0.479 e. The first kappa shape index (κ1) is 19.4. The summed E-state index contributed by atoms with van der Waals surface area (Å²) in [5.74, 6) is 0.223. The molecule has 2 heterocycles. The number of pyridine rings is 1. The van der Waals surface area contributed by atoms with E-state index in [9.17, 15) is 4.79 Å². The Hall–Kier alpha value is -2.96. The van der Waals surface area contributed by atoms with Gasteiger partial charge in [-0.3, -0.25) is 4.79 Å². The normalized spacial score (nSPS) is 12.0. The highest BCUT2D eigenvalue weighted by Crippen LogP contribution is 2.33. The molecule has 0 saturated carbocycles. The maximum Gasteiger partial charge on any atom is 0.265 e. The Morgan fingerprint density at radius 3 is 2.76 bits per heavy atom. The molecule has 1 amide bonds. The Labute approximate surface area is 177 Å². The summed E-state index contributed by atoms with van der Waals surface area (Å²) in [7, 11) is 0. The third kappa shape index (κ3) is 4.09. The van der Waals surface area contributed by atoms with Gasteiger partial charge in [0.05, 0.1) is 5.02 Å². The van der Waals surface area contributed by atoms with Crippen LogP contribution in [0.5, 0.6) is 5.75 Å². The Kier molecular flexibility index (Phi) is 5.47. The molecule has 0 spiro atoms. The molecule has 7 heteroatoms. The highest BCUT2D eigenvalue weighted by Gasteiger charge is 2.18. The maximum atomic E-state index is 12.7. The van der Waals surface area contributed by atoms with E-state index in [1.165, 1.54) is 11.3 Å². The van der Waals surface area contributed by atoms with Gasteiger partial charge in [0.2, 0.25) is 0 Å². The fourth-order valence-electron chi connectivity index (χ4n) is 2.91. The fourth-order valence-corrected chi connectivity index (χ4v) is 4.08. The molecule has 4 rings (SSSR count). The predicted octanol–water partition coefficient (Wildman–Crippen LogP) is 5.73. The quantitative estimate of drug-likeness (QED) is 0.445. The van der Waals surface area contributed by atoms with E-state index in [1.807, 2.05) is 49.4 Å². The second-order valence-corrected chi connectivity index (χ2v) is 7.89. The smallest absolute Gasteiger partial charge is 0.265 e. The SMILES string of the molecule is Cc1c(NC(=O)C(C)Oc2ccccc2Cl)cccc1-c1nc2cccnc2s1. The Morgan fingerprint density at radius 1 is 1.14 bits per heavy atom. The van der Waals surface area contributed by atoms with Gasteiger partial charge in [0.25, 0.3) is 5.91 Å². The topological polar surface area (TPSA) is 64.1 Å². The summed E-state index contributed by atoms with van der Waals surface area (Å²) in [6.45, 7) is 3.65. The molecule has 0 radical (unpaired) electrons. The lowest BCUT2D eigenvalue weighted by molar-refractivity contribution is -0.122. The average molecular weight is 424 g/mol. The molecule has 2 aromatic heterocycles. The lowest BCUT2D eigenvalue weighted by Crippen LogP contribution is -2.30. The largest absolute Gasteiger partial charge is 0.479 e. The second-order valence-electron chi connectivity index (χ2n) is 6.50. The van der Waals surface area contributed by atoms with Gasteiger partial charge in [0.15, 0.2) is 6.10 Å². The van der Waals surface area contributed by atoms with Crippen molar-refractivity contribution in [2.45, 2.75) is 20.0 Å². The maximum absolute atomic E-state index is 12.7. The minimum atomic E-state index is -0.704. The number of nitrogens with one attached hydrogen (secondary N) is 1. The number of para-hydroxylation sites is 1. The number of halogens is 1. The molecule has 0 aliphatic rings. The van der Waals surface area contributed by atoms with Crippen LogP contribution in [0.4, 0.5) is 5.69 Å². The van der Waals surface area contributed by atoms with Crippen molar-refractivity contribution in [1.82, 2.24) is 9.97 Å². The molecule has 0 bridgehead atoms. The summed E-state index contributed by atoms with van der Waals surface area (Å²) in [6, 6.07) is 16.7. The third-order valence-corrected chi connectivity index (χ3v) is 5.82. The molecule has 1 unspecified atom stereocenters. The molecule has 5 nitrogen and oxygen atoms in total. The molecule has 1 atom stereocenters. The number of carbonyl (C=O) groups is 1. The lowest BCUT2D eigenvalue weighted by atomic mass is 10.1. The average Bonchev–Trinajstić information content (AvgIpc) is 3.15. The summed E-state index contributed by atoms with van der Waals surface area (Å²) < 4.78 is 5.71. The van der Waals surface area contributed by atoms with Crippen LogP contribution in [0.2, 0.25) is 5.02 Å². The Bertz CT molecular complexity index is 1160. The number of thiazole rings is 1. The van der Waals surface area contributed by atoms with Crippen molar-refractivity contribution in [2.75, 3.05) is 5.32 Å². The molecule has 0 saturated heterocycles. The zero-order valence-electron chi connectivity index (χ0n) is 15.8. The summed E-state index contributed by atoms with van der Waals surface area (Å²) in [5, 5.41) is 4.28. The van der Waals surface area contributed by atoms with Crippen molar-refractivity contribution in [3.63, 3.8) is 0 Å².